The number of nitrogens with zero attached hydrogens (tertiary/aromatic N) is 9. The van der Waals surface area contributed by atoms with Crippen molar-refractivity contribution in [1.82, 2.24) is 42.4 Å². The molecule has 9 heteroatoms. The minimum absolute atomic E-state index is 1.15. The number of pyridine rings is 3. The monoisotopic (exact) mass is 1580 g/mol. The van der Waals surface area contributed by atoms with Gasteiger partial charge in [-0.3, -0.25) is 15.0 Å². The van der Waals surface area contributed by atoms with Crippen LogP contribution in [0.2, 0.25) is 0 Å². The highest BCUT2D eigenvalue weighted by atomic mass is 15.0. The summed E-state index contributed by atoms with van der Waals surface area (Å²) in [4.78, 5) is 13.6. The highest BCUT2D eigenvalue weighted by Crippen LogP contribution is 2.46. The van der Waals surface area contributed by atoms with Gasteiger partial charge < -0.3 is 27.4 Å². The fraction of sp³-hybridized carbons (Fsp3) is 0. The zero-order chi connectivity index (χ0) is 81.7. The lowest BCUT2D eigenvalue weighted by Gasteiger charge is -2.10. The van der Waals surface area contributed by atoms with Crippen LogP contribution in [0.15, 0.2) is 456 Å². The van der Waals surface area contributed by atoms with E-state index in [1.54, 1.807) is 0 Å². The predicted molar refractivity (Wildman–Crippen MR) is 518 cm³/mol. The van der Waals surface area contributed by atoms with E-state index in [2.05, 4.69) is 461 Å². The molecule has 0 aliphatic carbocycles. The van der Waals surface area contributed by atoms with Gasteiger partial charge in [0.05, 0.1) is 66.2 Å². The average molecular weight is 1580 g/mol. The Morgan fingerprint density at radius 2 is 0.411 bits per heavy atom. The lowest BCUT2D eigenvalue weighted by molar-refractivity contribution is 1.17. The number of para-hydroxylation sites is 7. The van der Waals surface area contributed by atoms with E-state index in [1.165, 1.54) is 165 Å². The second-order valence-electron chi connectivity index (χ2n) is 31.8. The van der Waals surface area contributed by atoms with Gasteiger partial charge in [0.2, 0.25) is 0 Å². The topological polar surface area (TPSA) is 68.2 Å². The lowest BCUT2D eigenvalue weighted by atomic mass is 9.98. The molecule has 0 bridgehead atoms. The molecule has 0 N–H and O–H groups in total. The van der Waals surface area contributed by atoms with Crippen molar-refractivity contribution in [2.75, 3.05) is 0 Å². The summed E-state index contributed by atoms with van der Waals surface area (Å²) in [5, 5.41) is 17.1. The third kappa shape index (κ3) is 11.7. The Bertz CT molecular complexity index is 8650. The first kappa shape index (κ1) is 71.4. The van der Waals surface area contributed by atoms with Gasteiger partial charge in [-0.25, -0.2) is 0 Å². The summed E-state index contributed by atoms with van der Waals surface area (Å²) in [6, 6.07) is 150. The van der Waals surface area contributed by atoms with Crippen molar-refractivity contribution < 1.29 is 0 Å². The van der Waals surface area contributed by atoms with Crippen LogP contribution in [0.3, 0.4) is 0 Å². The molecule has 0 atom stereocenters. The first-order valence-corrected chi connectivity index (χ1v) is 42.2. The van der Waals surface area contributed by atoms with E-state index < -0.39 is 0 Å². The molecule has 0 saturated carbocycles. The molecule has 0 aliphatic heterocycles. The summed E-state index contributed by atoms with van der Waals surface area (Å²) >= 11 is 0. The van der Waals surface area contributed by atoms with Crippen LogP contribution in [0.4, 0.5) is 0 Å². The van der Waals surface area contributed by atoms with E-state index in [0.717, 1.165) is 55.5 Å². The Labute approximate surface area is 713 Å². The SMILES string of the molecule is c1ccc(-c2ccc(-n3c4ccccc4c4cc(-c5cccc6c5c5cnccc5n6-c5ccccc5)ccc43)cc2)cc1.c1ccc(-n2c3ccccc3c3cc(-c4cccc5c4c4cnccc4n5-c4ccccc4)ccc32)cc1.c1ccc(-n2c3ccncc3c3c(-c4ccc5c(c4)c4ccccc4n5-c4ccc5ccccc5c4)cccc32)cc1. The van der Waals surface area contributed by atoms with Gasteiger partial charge in [-0.2, -0.15) is 0 Å². The zero-order valence-electron chi connectivity index (χ0n) is 67.3. The summed E-state index contributed by atoms with van der Waals surface area (Å²) in [5.41, 5.74) is 30.9. The number of fused-ring (bicyclic) bond motifs is 19. The maximum absolute atomic E-state index is 4.54. The minimum atomic E-state index is 1.15. The Balaban J connectivity index is 0.000000105. The molecule has 26 aromatic rings. The molecule has 17 aromatic carbocycles. The highest BCUT2D eigenvalue weighted by molar-refractivity contribution is 6.21. The summed E-state index contributed by atoms with van der Waals surface area (Å²) in [7, 11) is 0. The van der Waals surface area contributed by atoms with Crippen LogP contribution in [0, 0.1) is 0 Å². The maximum Gasteiger partial charge on any atom is 0.0572 e. The molecule has 0 amide bonds. The Kier molecular flexibility index (Phi) is 17.1. The molecule has 124 heavy (non-hydrogen) atoms. The van der Waals surface area contributed by atoms with Crippen molar-refractivity contribution in [3.05, 3.63) is 456 Å². The molecule has 0 aliphatic rings. The van der Waals surface area contributed by atoms with Gasteiger partial charge in [-0.1, -0.05) is 255 Å². The normalized spacial score (nSPS) is 11.7. The third-order valence-corrected chi connectivity index (χ3v) is 25.0. The largest absolute Gasteiger partial charge is 0.309 e. The van der Waals surface area contributed by atoms with Crippen molar-refractivity contribution in [2.24, 2.45) is 0 Å². The van der Waals surface area contributed by atoms with Crippen molar-refractivity contribution in [3.63, 3.8) is 0 Å². The quantitative estimate of drug-likeness (QED) is 0.137. The van der Waals surface area contributed by atoms with E-state index >= 15 is 0 Å². The summed E-state index contributed by atoms with van der Waals surface area (Å²) in [5.74, 6) is 0. The molecular formula is C115H75N9. The summed E-state index contributed by atoms with van der Waals surface area (Å²) in [6.07, 6.45) is 11.7. The first-order chi connectivity index (χ1) is 61.6. The van der Waals surface area contributed by atoms with Crippen LogP contribution < -0.4 is 0 Å². The molecule has 0 spiro atoms. The second kappa shape index (κ2) is 29.6. The van der Waals surface area contributed by atoms with Gasteiger partial charge >= 0.3 is 0 Å². The zero-order valence-corrected chi connectivity index (χ0v) is 67.3. The van der Waals surface area contributed by atoms with Crippen LogP contribution in [-0.4, -0.2) is 42.4 Å². The van der Waals surface area contributed by atoms with Crippen molar-refractivity contribution >= 4 is 142 Å². The maximum atomic E-state index is 4.54. The molecule has 0 radical (unpaired) electrons. The minimum Gasteiger partial charge on any atom is -0.309 e. The fourth-order valence-electron chi connectivity index (χ4n) is 19.6. The number of rotatable bonds is 10. The van der Waals surface area contributed by atoms with Crippen LogP contribution in [0.5, 0.6) is 0 Å². The number of hydrogen-bond donors (Lipinski definition) is 0. The molecule has 0 saturated heterocycles. The van der Waals surface area contributed by atoms with Gasteiger partial charge in [-0.05, 0) is 219 Å². The summed E-state index contributed by atoms with van der Waals surface area (Å²) < 4.78 is 14.2. The standard InChI is InChI=1S/C41H27N3.C39H25N3.C35H23N3/c1-3-10-28(11-4-1)29-18-21-32(22-19-29)43-37-16-8-7-14-34(37)35-26-30(20-23-38(35)43)33-15-9-17-40-41(33)36-27-42-25-24-39(36)44(40)31-12-5-2-6-13-31;1-2-11-29(12-3-1)41-37-21-22-40-25-34(37)39-31(14-8-16-38(39)41)28-18-20-36-33(24-28)32-13-6-7-15-35(32)42(36)30-19-17-26-9-4-5-10-27(26)23-30;1-3-10-25(11-4-1)37-31-16-8-7-14-28(31)29-22-24(18-19-32(29)37)27-15-9-17-34-35(27)30-23-36-21-20-33(30)38(34)26-12-5-2-6-13-26/h1-27H;1-25H;1-23H. The van der Waals surface area contributed by atoms with Crippen molar-refractivity contribution in [1.29, 1.82) is 0 Å². The van der Waals surface area contributed by atoms with Gasteiger partial charge in [-0.15, -0.1) is 0 Å². The lowest BCUT2D eigenvalue weighted by Crippen LogP contribution is -1.94. The molecular weight excluding hydrogens is 1510 g/mol. The van der Waals surface area contributed by atoms with Crippen molar-refractivity contribution in [3.8, 4) is 78.6 Å². The van der Waals surface area contributed by atoms with E-state index in [-0.39, 0.29) is 0 Å². The molecule has 9 heterocycles. The Morgan fingerprint density at radius 3 is 0.790 bits per heavy atom. The van der Waals surface area contributed by atoms with Gasteiger partial charge in [0.1, 0.15) is 0 Å². The first-order valence-electron chi connectivity index (χ1n) is 42.2. The van der Waals surface area contributed by atoms with Crippen LogP contribution in [0.1, 0.15) is 0 Å². The van der Waals surface area contributed by atoms with E-state index in [9.17, 15) is 0 Å². The van der Waals surface area contributed by atoms with Crippen molar-refractivity contribution in [2.45, 2.75) is 0 Å². The molecule has 26 rings (SSSR count). The van der Waals surface area contributed by atoms with Gasteiger partial charge in [0, 0.05) is 136 Å². The van der Waals surface area contributed by atoms with E-state index in [4.69, 9.17) is 0 Å². The van der Waals surface area contributed by atoms with Crippen LogP contribution >= 0.6 is 0 Å². The van der Waals surface area contributed by atoms with Gasteiger partial charge in [0.15, 0.2) is 0 Å². The Morgan fingerprint density at radius 1 is 0.145 bits per heavy atom. The average Bonchev–Trinajstić information content (AvgIpc) is 1.58. The number of hydrogen-bond acceptors (Lipinski definition) is 3. The van der Waals surface area contributed by atoms with E-state index in [1.807, 2.05) is 37.2 Å². The highest BCUT2D eigenvalue weighted by Gasteiger charge is 2.24. The molecule has 9 aromatic heterocycles. The third-order valence-electron chi connectivity index (χ3n) is 25.0. The molecule has 0 fully saturated rings. The fourth-order valence-corrected chi connectivity index (χ4v) is 19.6. The van der Waals surface area contributed by atoms with E-state index in [0.29, 0.717) is 0 Å². The molecule has 580 valence electrons. The number of benzene rings is 17. The smallest absolute Gasteiger partial charge is 0.0572 e. The predicted octanol–water partition coefficient (Wildman–Crippen LogP) is 29.6. The van der Waals surface area contributed by atoms with Crippen LogP contribution in [0.25, 0.3) is 220 Å². The Hall–Kier alpha value is -16.8. The van der Waals surface area contributed by atoms with Gasteiger partial charge in [0.25, 0.3) is 0 Å². The summed E-state index contributed by atoms with van der Waals surface area (Å²) in [6.45, 7) is 0. The second-order valence-corrected chi connectivity index (χ2v) is 31.8. The van der Waals surface area contributed by atoms with Crippen LogP contribution in [-0.2, 0) is 0 Å². The number of aromatic nitrogens is 9. The molecule has 9 nitrogen and oxygen atoms in total. The molecule has 0 unspecified atom stereocenters.